The van der Waals surface area contributed by atoms with Crippen LogP contribution < -0.4 is 0 Å². The normalized spacial score (nSPS) is 48.5. The van der Waals surface area contributed by atoms with Crippen LogP contribution in [0.3, 0.4) is 0 Å². The summed E-state index contributed by atoms with van der Waals surface area (Å²) in [6.07, 6.45) is 11.2. The molecule has 21 heavy (non-hydrogen) atoms. The van der Waals surface area contributed by atoms with E-state index in [1.165, 1.54) is 5.57 Å². The first kappa shape index (κ1) is 13.5. The van der Waals surface area contributed by atoms with Gasteiger partial charge in [0.2, 0.25) is 0 Å². The Kier molecular flexibility index (Phi) is 2.83. The van der Waals surface area contributed by atoms with Crippen LogP contribution in [0.15, 0.2) is 23.8 Å². The molecule has 0 saturated heterocycles. The molecule has 6 atom stereocenters. The summed E-state index contributed by atoms with van der Waals surface area (Å²) in [5.74, 6) is 3.50. The first-order valence-corrected chi connectivity index (χ1v) is 8.46. The average molecular weight is 284 g/mol. The molecule has 4 aliphatic carbocycles. The second-order valence-electron chi connectivity index (χ2n) is 7.94. The van der Waals surface area contributed by atoms with E-state index in [0.717, 1.165) is 25.7 Å². The monoisotopic (exact) mass is 284 g/mol. The van der Waals surface area contributed by atoms with Gasteiger partial charge < -0.3 is 0 Å². The lowest BCUT2D eigenvalue weighted by atomic mass is 9.53. The Balaban J connectivity index is 1.73. The Bertz CT molecular complexity index is 570. The van der Waals surface area contributed by atoms with Gasteiger partial charge in [0.05, 0.1) is 0 Å². The lowest BCUT2D eigenvalue weighted by molar-refractivity contribution is -0.129. The molecule has 2 heteroatoms. The van der Waals surface area contributed by atoms with Crippen LogP contribution in [-0.4, -0.2) is 11.6 Å². The fourth-order valence-corrected chi connectivity index (χ4v) is 5.86. The number of rotatable bonds is 0. The molecule has 112 valence electrons. The molecule has 0 aromatic carbocycles. The summed E-state index contributed by atoms with van der Waals surface area (Å²) in [7, 11) is 0. The van der Waals surface area contributed by atoms with Gasteiger partial charge in [-0.25, -0.2) is 0 Å². The highest BCUT2D eigenvalue weighted by molar-refractivity contribution is 5.92. The van der Waals surface area contributed by atoms with Crippen molar-refractivity contribution < 1.29 is 9.59 Å². The molecule has 0 bridgehead atoms. The summed E-state index contributed by atoms with van der Waals surface area (Å²) in [6.45, 7) is 4.44. The van der Waals surface area contributed by atoms with E-state index >= 15 is 0 Å². The molecule has 0 aromatic rings. The summed E-state index contributed by atoms with van der Waals surface area (Å²) in [5, 5.41) is 0. The van der Waals surface area contributed by atoms with Crippen molar-refractivity contribution >= 4 is 11.6 Å². The molecule has 0 aromatic heterocycles. The Hall–Kier alpha value is -1.18. The highest BCUT2D eigenvalue weighted by atomic mass is 16.1. The quantitative estimate of drug-likeness (QED) is 0.679. The van der Waals surface area contributed by atoms with E-state index in [0.29, 0.717) is 41.8 Å². The number of carbonyl (C=O) groups is 2. The number of carbonyl (C=O) groups excluding carboxylic acids is 2. The Morgan fingerprint density at radius 1 is 1.24 bits per heavy atom. The summed E-state index contributed by atoms with van der Waals surface area (Å²) in [4.78, 5) is 24.1. The van der Waals surface area contributed by atoms with Crippen LogP contribution >= 0.6 is 0 Å². The molecule has 0 aliphatic heterocycles. The maximum atomic E-state index is 12.3. The molecule has 2 saturated carbocycles. The summed E-state index contributed by atoms with van der Waals surface area (Å²) in [5.41, 5.74) is 1.19. The van der Waals surface area contributed by atoms with E-state index in [1.54, 1.807) is 0 Å². The fourth-order valence-electron chi connectivity index (χ4n) is 5.86. The van der Waals surface area contributed by atoms with Crippen molar-refractivity contribution in [2.24, 2.45) is 35.0 Å². The summed E-state index contributed by atoms with van der Waals surface area (Å²) < 4.78 is 0. The Morgan fingerprint density at radius 2 is 2.05 bits per heavy atom. The maximum absolute atomic E-state index is 12.3. The molecule has 0 amide bonds. The molecular weight excluding hydrogens is 260 g/mol. The number of ketones is 2. The molecule has 0 spiro atoms. The van der Waals surface area contributed by atoms with Gasteiger partial charge in [0, 0.05) is 18.3 Å². The summed E-state index contributed by atoms with van der Waals surface area (Å²) in [6, 6.07) is 0. The van der Waals surface area contributed by atoms with Crippen molar-refractivity contribution in [1.29, 1.82) is 0 Å². The zero-order valence-electron chi connectivity index (χ0n) is 13.0. The first-order chi connectivity index (χ1) is 10.0. The third-order valence-corrected chi connectivity index (χ3v) is 6.91. The van der Waals surface area contributed by atoms with Gasteiger partial charge in [-0.05, 0) is 60.5 Å². The number of Topliss-reactive ketones (excluding diaryl/α,β-unsaturated/α-hetero) is 1. The maximum Gasteiger partial charge on any atom is 0.156 e. The molecule has 0 radical (unpaired) electrons. The van der Waals surface area contributed by atoms with Crippen LogP contribution in [0.5, 0.6) is 0 Å². The van der Waals surface area contributed by atoms with Gasteiger partial charge in [-0.1, -0.05) is 26.0 Å². The Morgan fingerprint density at radius 3 is 2.86 bits per heavy atom. The molecule has 1 unspecified atom stereocenters. The van der Waals surface area contributed by atoms with Crippen LogP contribution in [-0.2, 0) is 9.59 Å². The topological polar surface area (TPSA) is 34.1 Å². The largest absolute Gasteiger partial charge is 0.299 e. The average Bonchev–Trinajstić information content (AvgIpc) is 2.74. The van der Waals surface area contributed by atoms with E-state index in [2.05, 4.69) is 26.0 Å². The van der Waals surface area contributed by atoms with Gasteiger partial charge in [0.25, 0.3) is 0 Å². The summed E-state index contributed by atoms with van der Waals surface area (Å²) >= 11 is 0. The highest BCUT2D eigenvalue weighted by Crippen LogP contribution is 2.59. The predicted octanol–water partition coefficient (Wildman–Crippen LogP) is 3.72. The van der Waals surface area contributed by atoms with E-state index in [-0.39, 0.29) is 11.2 Å². The zero-order valence-corrected chi connectivity index (χ0v) is 13.0. The highest BCUT2D eigenvalue weighted by Gasteiger charge is 2.55. The third kappa shape index (κ3) is 1.77. The number of hydrogen-bond donors (Lipinski definition) is 0. The van der Waals surface area contributed by atoms with Crippen molar-refractivity contribution in [3.63, 3.8) is 0 Å². The lowest BCUT2D eigenvalue weighted by Crippen LogP contribution is -2.46. The van der Waals surface area contributed by atoms with Crippen molar-refractivity contribution in [2.75, 3.05) is 0 Å². The molecule has 2 fully saturated rings. The van der Waals surface area contributed by atoms with Crippen LogP contribution in [0, 0.1) is 35.0 Å². The molecule has 0 N–H and O–H groups in total. The Labute approximate surface area is 126 Å². The molecular formula is C19H24O2. The van der Waals surface area contributed by atoms with Crippen LogP contribution in [0.1, 0.15) is 46.0 Å². The SMILES string of the molecule is CC1CC(=O)C=C2C=C[C@@H]3[C@H](CC[C@]4(C)C(=O)CC[C@@H]34)[C@H]21. The van der Waals surface area contributed by atoms with Crippen molar-refractivity contribution in [3.8, 4) is 0 Å². The van der Waals surface area contributed by atoms with E-state index in [4.69, 9.17) is 0 Å². The number of hydrogen-bond acceptors (Lipinski definition) is 2. The first-order valence-electron chi connectivity index (χ1n) is 8.46. The third-order valence-electron chi connectivity index (χ3n) is 6.91. The van der Waals surface area contributed by atoms with Gasteiger partial charge in [-0.15, -0.1) is 0 Å². The second kappa shape index (κ2) is 4.41. The minimum atomic E-state index is -0.0690. The minimum Gasteiger partial charge on any atom is -0.299 e. The zero-order chi connectivity index (χ0) is 14.8. The molecule has 4 rings (SSSR count). The smallest absolute Gasteiger partial charge is 0.156 e. The number of allylic oxidation sites excluding steroid dienone is 4. The molecule has 4 aliphatic rings. The standard InChI is InChI=1S/C19H24O2/c1-11-9-13(20)10-12-3-4-14-15(18(11)12)7-8-19(2)16(14)5-6-17(19)21/h3-4,10-11,14-16,18H,5-9H2,1-2H3/t11?,14-,15+,16+,18+,19+/m1/s1. The number of fused-ring (bicyclic) bond motifs is 5. The minimum absolute atomic E-state index is 0.0690. The van der Waals surface area contributed by atoms with Crippen molar-refractivity contribution in [1.82, 2.24) is 0 Å². The second-order valence-corrected chi connectivity index (χ2v) is 7.94. The van der Waals surface area contributed by atoms with E-state index < -0.39 is 0 Å². The molecule has 0 heterocycles. The van der Waals surface area contributed by atoms with Crippen LogP contribution in [0.2, 0.25) is 0 Å². The van der Waals surface area contributed by atoms with Crippen LogP contribution in [0.25, 0.3) is 0 Å². The van der Waals surface area contributed by atoms with Gasteiger partial charge >= 0.3 is 0 Å². The van der Waals surface area contributed by atoms with Gasteiger partial charge in [-0.3, -0.25) is 9.59 Å². The predicted molar refractivity (Wildman–Crippen MR) is 81.6 cm³/mol. The van der Waals surface area contributed by atoms with Crippen molar-refractivity contribution in [2.45, 2.75) is 46.0 Å². The van der Waals surface area contributed by atoms with Crippen molar-refractivity contribution in [3.05, 3.63) is 23.8 Å². The van der Waals surface area contributed by atoms with E-state index in [1.807, 2.05) is 6.08 Å². The van der Waals surface area contributed by atoms with Crippen LogP contribution in [0.4, 0.5) is 0 Å². The fraction of sp³-hybridized carbons (Fsp3) is 0.684. The van der Waals surface area contributed by atoms with Gasteiger partial charge in [-0.2, -0.15) is 0 Å². The van der Waals surface area contributed by atoms with Gasteiger partial charge in [0.15, 0.2) is 5.78 Å². The molecule has 2 nitrogen and oxygen atoms in total. The van der Waals surface area contributed by atoms with E-state index in [9.17, 15) is 9.59 Å². The van der Waals surface area contributed by atoms with Gasteiger partial charge in [0.1, 0.15) is 5.78 Å². The lowest BCUT2D eigenvalue weighted by Gasteiger charge is -2.51.